The minimum Gasteiger partial charge on any atom is -0.480 e. The number of likely N-dealkylation sites (N-methyl/N-ethyl adjacent to an activating group) is 1. The zero-order chi connectivity index (χ0) is 39.4. The van der Waals surface area contributed by atoms with Crippen LogP contribution in [0.4, 0.5) is 16.2 Å². The summed E-state index contributed by atoms with van der Waals surface area (Å²) in [6.07, 6.45) is 1.08. The van der Waals surface area contributed by atoms with Gasteiger partial charge in [0.15, 0.2) is 0 Å². The van der Waals surface area contributed by atoms with E-state index in [4.69, 9.17) is 0 Å². The number of amides is 5. The predicted octanol–water partition coefficient (Wildman–Crippen LogP) is 4.37. The van der Waals surface area contributed by atoms with Crippen molar-refractivity contribution in [1.29, 1.82) is 0 Å². The van der Waals surface area contributed by atoms with E-state index in [9.17, 15) is 37.5 Å². The van der Waals surface area contributed by atoms with Gasteiger partial charge in [-0.05, 0) is 80.0 Å². The highest BCUT2D eigenvalue weighted by Crippen LogP contribution is 2.28. The molecule has 3 aromatic rings. The molecule has 3 aromatic carbocycles. The van der Waals surface area contributed by atoms with Crippen molar-refractivity contribution in [3.8, 4) is 0 Å². The Morgan fingerprint density at radius 3 is 2.24 bits per heavy atom. The van der Waals surface area contributed by atoms with E-state index >= 15 is 0 Å². The van der Waals surface area contributed by atoms with Crippen LogP contribution in [0, 0.1) is 12.8 Å². The highest BCUT2D eigenvalue weighted by molar-refractivity contribution is 7.89. The molecular formula is C39H50N6O8S. The summed E-state index contributed by atoms with van der Waals surface area (Å²) in [5.74, 6) is -2.61. The molecule has 0 unspecified atom stereocenters. The molecule has 4 rings (SSSR count). The van der Waals surface area contributed by atoms with Crippen LogP contribution >= 0.6 is 0 Å². The van der Waals surface area contributed by atoms with Gasteiger partial charge in [0.2, 0.25) is 27.7 Å². The number of benzene rings is 3. The van der Waals surface area contributed by atoms with Crippen molar-refractivity contribution in [3.05, 3.63) is 90.0 Å². The van der Waals surface area contributed by atoms with E-state index in [1.54, 1.807) is 55.6 Å². The number of hydrogen-bond acceptors (Lipinski definition) is 7. The topological polar surface area (TPSA) is 194 Å². The average molecular weight is 763 g/mol. The summed E-state index contributed by atoms with van der Waals surface area (Å²) in [4.78, 5) is 65.7. The highest BCUT2D eigenvalue weighted by Gasteiger charge is 2.37. The molecule has 0 saturated carbocycles. The van der Waals surface area contributed by atoms with Crippen molar-refractivity contribution in [1.82, 2.24) is 19.8 Å². The molecular weight excluding hydrogens is 713 g/mol. The molecule has 15 heteroatoms. The second-order valence-electron chi connectivity index (χ2n) is 13.9. The number of sulfonamides is 1. The number of aryl methyl sites for hydroxylation is 1. The number of anilines is 2. The van der Waals surface area contributed by atoms with Crippen LogP contribution in [0.5, 0.6) is 0 Å². The Morgan fingerprint density at radius 2 is 1.59 bits per heavy atom. The van der Waals surface area contributed by atoms with Crippen LogP contribution in [0.3, 0.4) is 0 Å². The van der Waals surface area contributed by atoms with Crippen LogP contribution in [0.2, 0.25) is 0 Å². The normalized spacial score (nSPS) is 15.5. The van der Waals surface area contributed by atoms with Gasteiger partial charge >= 0.3 is 12.0 Å². The van der Waals surface area contributed by atoms with E-state index in [1.807, 2.05) is 39.0 Å². The fraction of sp³-hybridized carbons (Fsp3) is 0.410. The van der Waals surface area contributed by atoms with Crippen molar-refractivity contribution in [2.45, 2.75) is 82.3 Å². The summed E-state index contributed by atoms with van der Waals surface area (Å²) in [6, 6.07) is 19.0. The molecule has 0 aliphatic carbocycles. The molecule has 1 aliphatic rings. The molecule has 0 radical (unpaired) electrons. The number of aliphatic carboxylic acids is 1. The molecule has 290 valence electrons. The Kier molecular flexibility index (Phi) is 14.7. The monoisotopic (exact) mass is 762 g/mol. The van der Waals surface area contributed by atoms with Gasteiger partial charge < -0.3 is 31.3 Å². The van der Waals surface area contributed by atoms with Crippen molar-refractivity contribution in [3.63, 3.8) is 0 Å². The third-order valence-electron chi connectivity index (χ3n) is 9.28. The summed E-state index contributed by atoms with van der Waals surface area (Å²) < 4.78 is 27.7. The van der Waals surface area contributed by atoms with Crippen LogP contribution in [0.1, 0.15) is 57.1 Å². The number of rotatable bonds is 17. The van der Waals surface area contributed by atoms with E-state index in [1.165, 1.54) is 21.3 Å². The molecule has 54 heavy (non-hydrogen) atoms. The summed E-state index contributed by atoms with van der Waals surface area (Å²) >= 11 is 0. The van der Waals surface area contributed by atoms with Crippen molar-refractivity contribution in [2.75, 3.05) is 30.8 Å². The molecule has 0 bridgehead atoms. The molecule has 1 aliphatic heterocycles. The summed E-state index contributed by atoms with van der Waals surface area (Å²) in [6.45, 7) is 5.91. The number of urea groups is 1. The SMILES string of the molecule is Cc1ccccc1NC(=O)Nc1ccc(CC(=O)N(C)[C@@H](CC(C)C)C(=O)NCC[C@H](NC(=O)C[C@@H]2CCCN2S(=O)(=O)c2ccccc2)C(=O)O)cc1. The first-order valence-corrected chi connectivity index (χ1v) is 19.4. The van der Waals surface area contributed by atoms with Crippen LogP contribution < -0.4 is 21.3 Å². The summed E-state index contributed by atoms with van der Waals surface area (Å²) in [5.41, 5.74) is 2.83. The van der Waals surface area contributed by atoms with Gasteiger partial charge in [0.1, 0.15) is 12.1 Å². The van der Waals surface area contributed by atoms with Crippen LogP contribution in [-0.2, 0) is 35.6 Å². The fourth-order valence-corrected chi connectivity index (χ4v) is 8.02. The number of para-hydroxylation sites is 1. The van der Waals surface area contributed by atoms with Gasteiger partial charge in [-0.25, -0.2) is 18.0 Å². The Labute approximate surface area is 316 Å². The Morgan fingerprint density at radius 1 is 0.926 bits per heavy atom. The first-order chi connectivity index (χ1) is 25.6. The quantitative estimate of drug-likeness (QED) is 0.134. The second-order valence-corrected chi connectivity index (χ2v) is 15.8. The lowest BCUT2D eigenvalue weighted by molar-refractivity contribution is -0.142. The molecule has 1 saturated heterocycles. The standard InChI is InChI=1S/C39H50N6O8S/c1-26(2)23-34(44(4)36(47)24-28-16-18-29(19-17-28)41-39(51)43-32-15-9-8-11-27(32)3)37(48)40-21-20-33(38(49)50)42-35(46)25-30-12-10-22-45(30)54(52,53)31-13-6-5-7-14-31/h5-9,11,13-19,26,30,33-34H,10,12,20-25H2,1-4H3,(H,40,48)(H,42,46)(H,49,50)(H2,41,43,51)/t30-,33-,34-/m0/s1. The second kappa shape index (κ2) is 19.2. The smallest absolute Gasteiger partial charge is 0.326 e. The summed E-state index contributed by atoms with van der Waals surface area (Å²) in [7, 11) is -2.27. The summed E-state index contributed by atoms with van der Waals surface area (Å²) in [5, 5.41) is 20.6. The van der Waals surface area contributed by atoms with Gasteiger partial charge in [-0.15, -0.1) is 0 Å². The van der Waals surface area contributed by atoms with Crippen LogP contribution in [0.15, 0.2) is 83.8 Å². The molecule has 5 amide bonds. The minimum atomic E-state index is -3.82. The molecule has 5 N–H and O–H groups in total. The number of carboxylic acid groups (broad SMARTS) is 1. The van der Waals surface area contributed by atoms with Gasteiger partial charge in [-0.3, -0.25) is 14.4 Å². The van der Waals surface area contributed by atoms with Crippen molar-refractivity contribution >= 4 is 51.1 Å². The molecule has 1 heterocycles. The number of hydrogen-bond donors (Lipinski definition) is 5. The number of carboxylic acids is 1. The van der Waals surface area contributed by atoms with Gasteiger partial charge in [-0.2, -0.15) is 4.31 Å². The lowest BCUT2D eigenvalue weighted by Gasteiger charge is -2.29. The lowest BCUT2D eigenvalue weighted by atomic mass is 10.0. The van der Waals surface area contributed by atoms with E-state index in [-0.39, 0.29) is 49.1 Å². The van der Waals surface area contributed by atoms with E-state index in [2.05, 4.69) is 21.3 Å². The Balaban J connectivity index is 1.28. The first-order valence-electron chi connectivity index (χ1n) is 18.0. The molecule has 0 spiro atoms. The predicted molar refractivity (Wildman–Crippen MR) is 205 cm³/mol. The maximum Gasteiger partial charge on any atom is 0.326 e. The van der Waals surface area contributed by atoms with E-state index in [0.29, 0.717) is 36.2 Å². The first kappa shape index (κ1) is 41.5. The van der Waals surface area contributed by atoms with Gasteiger partial charge in [0.25, 0.3) is 0 Å². The van der Waals surface area contributed by atoms with Crippen LogP contribution in [-0.4, -0.2) is 90.7 Å². The van der Waals surface area contributed by atoms with E-state index < -0.39 is 52.0 Å². The minimum absolute atomic E-state index is 0.00620. The number of nitrogens with zero attached hydrogens (tertiary/aromatic N) is 2. The van der Waals surface area contributed by atoms with Gasteiger partial charge in [0, 0.05) is 44.0 Å². The van der Waals surface area contributed by atoms with Crippen LogP contribution in [0.25, 0.3) is 0 Å². The molecule has 1 fully saturated rings. The lowest BCUT2D eigenvalue weighted by Crippen LogP contribution is -2.50. The number of carbonyl (C=O) groups excluding carboxylic acids is 4. The van der Waals surface area contributed by atoms with Gasteiger partial charge in [-0.1, -0.05) is 62.4 Å². The number of nitrogens with one attached hydrogen (secondary N) is 4. The molecule has 14 nitrogen and oxygen atoms in total. The van der Waals surface area contributed by atoms with Crippen molar-refractivity contribution < 1.29 is 37.5 Å². The molecule has 3 atom stereocenters. The Bertz CT molecular complexity index is 1890. The third-order valence-corrected chi connectivity index (χ3v) is 11.2. The Hall–Kier alpha value is -5.28. The maximum atomic E-state index is 13.4. The van der Waals surface area contributed by atoms with E-state index in [0.717, 1.165) is 5.56 Å². The fourth-order valence-electron chi connectivity index (χ4n) is 6.30. The van der Waals surface area contributed by atoms with Crippen molar-refractivity contribution in [2.24, 2.45) is 5.92 Å². The largest absolute Gasteiger partial charge is 0.480 e. The average Bonchev–Trinajstić information content (AvgIpc) is 3.60. The van der Waals surface area contributed by atoms with Gasteiger partial charge in [0.05, 0.1) is 11.3 Å². The number of carbonyl (C=O) groups is 5. The third kappa shape index (κ3) is 11.6. The molecule has 0 aromatic heterocycles. The zero-order valence-electron chi connectivity index (χ0n) is 31.1. The highest BCUT2D eigenvalue weighted by atomic mass is 32.2. The maximum absolute atomic E-state index is 13.4. The zero-order valence-corrected chi connectivity index (χ0v) is 31.9.